The molecule has 2 aromatic carbocycles. The van der Waals surface area contributed by atoms with Crippen molar-refractivity contribution in [2.45, 2.75) is 6.54 Å². The van der Waals surface area contributed by atoms with Gasteiger partial charge in [0.2, 0.25) is 11.7 Å². The number of hydrogen-bond acceptors (Lipinski definition) is 4. The van der Waals surface area contributed by atoms with Crippen molar-refractivity contribution < 1.29 is 9.18 Å². The van der Waals surface area contributed by atoms with E-state index < -0.39 is 11.7 Å². The number of para-hydroxylation sites is 1. The number of hydrogen-bond donors (Lipinski definition) is 1. The molecule has 0 fully saturated rings. The monoisotopic (exact) mass is 331 g/mol. The van der Waals surface area contributed by atoms with Crippen LogP contribution < -0.4 is 5.32 Å². The molecule has 0 aliphatic carbocycles. The molecule has 0 unspecified atom stereocenters. The van der Waals surface area contributed by atoms with Crippen LogP contribution in [0.25, 0.3) is 11.4 Å². The van der Waals surface area contributed by atoms with Gasteiger partial charge in [0.1, 0.15) is 12.4 Å². The van der Waals surface area contributed by atoms with E-state index in [1.54, 1.807) is 36.4 Å². The Bertz CT molecular complexity index is 834. The molecule has 3 rings (SSSR count). The van der Waals surface area contributed by atoms with Crippen molar-refractivity contribution in [2.24, 2.45) is 0 Å². The van der Waals surface area contributed by atoms with Gasteiger partial charge >= 0.3 is 0 Å². The van der Waals surface area contributed by atoms with Crippen LogP contribution in [0.4, 0.5) is 10.1 Å². The Morgan fingerprint density at radius 2 is 1.91 bits per heavy atom. The summed E-state index contributed by atoms with van der Waals surface area (Å²) in [6.07, 6.45) is 0. The Balaban J connectivity index is 1.68. The van der Waals surface area contributed by atoms with E-state index in [-0.39, 0.29) is 12.2 Å². The number of tetrazole rings is 1. The van der Waals surface area contributed by atoms with Crippen LogP contribution in [0.5, 0.6) is 0 Å². The van der Waals surface area contributed by atoms with Crippen LogP contribution >= 0.6 is 11.6 Å². The van der Waals surface area contributed by atoms with Gasteiger partial charge in [0.05, 0.1) is 5.69 Å². The van der Waals surface area contributed by atoms with Gasteiger partial charge in [-0.1, -0.05) is 23.7 Å². The molecule has 0 spiro atoms. The SMILES string of the molecule is O=C(Cn1nnc(-c2ccc(Cl)cc2)n1)Nc1ccccc1F. The van der Waals surface area contributed by atoms with Gasteiger partial charge in [-0.2, -0.15) is 4.80 Å². The van der Waals surface area contributed by atoms with Crippen LogP contribution in [0.1, 0.15) is 0 Å². The van der Waals surface area contributed by atoms with Crippen molar-refractivity contribution in [1.29, 1.82) is 0 Å². The highest BCUT2D eigenvalue weighted by Gasteiger charge is 2.11. The number of nitrogens with one attached hydrogen (secondary N) is 1. The standard InChI is InChI=1S/C15H11ClFN5O/c16-11-7-5-10(6-8-11)15-19-21-22(20-15)9-14(23)18-13-4-2-1-3-12(13)17/h1-8H,9H2,(H,18,23). The van der Waals surface area contributed by atoms with Crippen LogP contribution in [-0.2, 0) is 11.3 Å². The van der Waals surface area contributed by atoms with Gasteiger partial charge in [-0.3, -0.25) is 4.79 Å². The second-order valence-electron chi connectivity index (χ2n) is 4.68. The molecule has 1 heterocycles. The Labute approximate surface area is 135 Å². The van der Waals surface area contributed by atoms with Crippen LogP contribution in [-0.4, -0.2) is 26.1 Å². The highest BCUT2D eigenvalue weighted by molar-refractivity contribution is 6.30. The van der Waals surface area contributed by atoms with E-state index in [4.69, 9.17) is 11.6 Å². The molecule has 1 amide bonds. The first-order valence-electron chi connectivity index (χ1n) is 6.70. The molecule has 6 nitrogen and oxygen atoms in total. The fourth-order valence-corrected chi connectivity index (χ4v) is 2.03. The summed E-state index contributed by atoms with van der Waals surface area (Å²) in [4.78, 5) is 13.0. The first kappa shape index (κ1) is 15.1. The number of carbonyl (C=O) groups excluding carboxylic acids is 1. The van der Waals surface area contributed by atoms with E-state index in [1.165, 1.54) is 12.1 Å². The molecular formula is C15H11ClFN5O. The molecule has 1 N–H and O–H groups in total. The molecule has 23 heavy (non-hydrogen) atoms. The number of aromatic nitrogens is 4. The lowest BCUT2D eigenvalue weighted by Crippen LogP contribution is -2.21. The molecule has 0 saturated carbocycles. The van der Waals surface area contributed by atoms with Gasteiger partial charge in [-0.15, -0.1) is 10.2 Å². The molecule has 8 heteroatoms. The molecule has 0 saturated heterocycles. The molecule has 1 aromatic heterocycles. The summed E-state index contributed by atoms with van der Waals surface area (Å²) in [5.74, 6) is -0.579. The van der Waals surface area contributed by atoms with E-state index in [0.29, 0.717) is 10.8 Å². The molecule has 0 aliphatic rings. The number of nitrogens with zero attached hydrogens (tertiary/aromatic N) is 4. The zero-order chi connectivity index (χ0) is 16.2. The van der Waals surface area contributed by atoms with Crippen LogP contribution in [0.15, 0.2) is 48.5 Å². The number of amides is 1. The third-order valence-corrected chi connectivity index (χ3v) is 3.24. The second kappa shape index (κ2) is 6.53. The molecule has 0 bridgehead atoms. The largest absolute Gasteiger partial charge is 0.322 e. The zero-order valence-corrected chi connectivity index (χ0v) is 12.5. The minimum Gasteiger partial charge on any atom is -0.322 e. The highest BCUT2D eigenvalue weighted by Crippen LogP contribution is 2.17. The maximum absolute atomic E-state index is 13.5. The summed E-state index contributed by atoms with van der Waals surface area (Å²) in [6, 6.07) is 12.8. The van der Waals surface area contributed by atoms with Crippen molar-refractivity contribution in [1.82, 2.24) is 20.2 Å². The summed E-state index contributed by atoms with van der Waals surface area (Å²) >= 11 is 5.82. The van der Waals surface area contributed by atoms with E-state index >= 15 is 0 Å². The number of carbonyl (C=O) groups is 1. The van der Waals surface area contributed by atoms with Gasteiger partial charge in [0.25, 0.3) is 0 Å². The van der Waals surface area contributed by atoms with Crippen molar-refractivity contribution in [3.05, 3.63) is 59.4 Å². The lowest BCUT2D eigenvalue weighted by molar-refractivity contribution is -0.117. The van der Waals surface area contributed by atoms with Crippen LogP contribution in [0, 0.1) is 5.82 Å². The molecular weight excluding hydrogens is 321 g/mol. The van der Waals surface area contributed by atoms with E-state index in [1.807, 2.05) is 0 Å². The summed E-state index contributed by atoms with van der Waals surface area (Å²) in [6.45, 7) is -0.172. The van der Waals surface area contributed by atoms with Gasteiger partial charge in [-0.25, -0.2) is 4.39 Å². The van der Waals surface area contributed by atoms with Gasteiger partial charge in [0.15, 0.2) is 0 Å². The third kappa shape index (κ3) is 3.70. The summed E-state index contributed by atoms with van der Waals surface area (Å²) in [5.41, 5.74) is 0.839. The fraction of sp³-hybridized carbons (Fsp3) is 0.0667. The van der Waals surface area contributed by atoms with Crippen molar-refractivity contribution in [3.8, 4) is 11.4 Å². The maximum atomic E-state index is 13.5. The summed E-state index contributed by atoms with van der Waals surface area (Å²) in [7, 11) is 0. The Morgan fingerprint density at radius 1 is 1.17 bits per heavy atom. The third-order valence-electron chi connectivity index (χ3n) is 2.99. The van der Waals surface area contributed by atoms with Crippen LogP contribution in [0.3, 0.4) is 0 Å². The molecule has 116 valence electrons. The average molecular weight is 332 g/mol. The minimum absolute atomic E-state index is 0.107. The van der Waals surface area contributed by atoms with E-state index in [9.17, 15) is 9.18 Å². The van der Waals surface area contributed by atoms with Gasteiger partial charge < -0.3 is 5.32 Å². The smallest absolute Gasteiger partial charge is 0.248 e. The van der Waals surface area contributed by atoms with E-state index in [2.05, 4.69) is 20.7 Å². The Morgan fingerprint density at radius 3 is 2.65 bits per heavy atom. The van der Waals surface area contributed by atoms with Gasteiger partial charge in [-0.05, 0) is 41.6 Å². The number of halogens is 2. The molecule has 0 atom stereocenters. The van der Waals surface area contributed by atoms with Crippen molar-refractivity contribution in [3.63, 3.8) is 0 Å². The summed E-state index contributed by atoms with van der Waals surface area (Å²) < 4.78 is 13.5. The molecule has 0 aliphatic heterocycles. The first-order chi connectivity index (χ1) is 11.1. The van der Waals surface area contributed by atoms with Crippen molar-refractivity contribution in [2.75, 3.05) is 5.32 Å². The van der Waals surface area contributed by atoms with Gasteiger partial charge in [0, 0.05) is 10.6 Å². The van der Waals surface area contributed by atoms with Crippen LogP contribution in [0.2, 0.25) is 5.02 Å². The molecule has 0 radical (unpaired) electrons. The Kier molecular flexibility index (Phi) is 4.29. The van der Waals surface area contributed by atoms with E-state index in [0.717, 1.165) is 10.4 Å². The molecule has 3 aromatic rings. The second-order valence-corrected chi connectivity index (χ2v) is 5.11. The lowest BCUT2D eigenvalue weighted by atomic mass is 10.2. The Hall–Kier alpha value is -2.80. The first-order valence-corrected chi connectivity index (χ1v) is 7.08. The predicted octanol–water partition coefficient (Wildman–Crippen LogP) is 2.77. The fourth-order valence-electron chi connectivity index (χ4n) is 1.91. The number of rotatable bonds is 4. The quantitative estimate of drug-likeness (QED) is 0.798. The number of anilines is 1. The maximum Gasteiger partial charge on any atom is 0.248 e. The number of benzene rings is 2. The average Bonchev–Trinajstić information content (AvgIpc) is 2.98. The normalized spacial score (nSPS) is 10.5. The highest BCUT2D eigenvalue weighted by atomic mass is 35.5. The van der Waals surface area contributed by atoms with Crippen molar-refractivity contribution >= 4 is 23.2 Å². The summed E-state index contributed by atoms with van der Waals surface area (Å²) in [5, 5.41) is 14.9. The topological polar surface area (TPSA) is 72.7 Å². The minimum atomic E-state index is -0.505. The zero-order valence-electron chi connectivity index (χ0n) is 11.8. The predicted molar refractivity (Wildman–Crippen MR) is 83.3 cm³/mol. The lowest BCUT2D eigenvalue weighted by Gasteiger charge is -2.04.